The van der Waals surface area contributed by atoms with Gasteiger partial charge >= 0.3 is 0 Å². The van der Waals surface area contributed by atoms with Crippen LogP contribution in [-0.4, -0.2) is 19.8 Å². The molecule has 0 amide bonds. The first-order valence-corrected chi connectivity index (χ1v) is 8.57. The van der Waals surface area contributed by atoms with E-state index in [4.69, 9.17) is 4.52 Å². The van der Waals surface area contributed by atoms with Crippen molar-refractivity contribution in [3.63, 3.8) is 0 Å². The van der Waals surface area contributed by atoms with Gasteiger partial charge in [0.15, 0.2) is 5.76 Å². The second kappa shape index (κ2) is 5.57. The molecule has 0 spiro atoms. The summed E-state index contributed by atoms with van der Waals surface area (Å²) in [5, 5.41) is 3.77. The molecule has 5 nitrogen and oxygen atoms in total. The first-order chi connectivity index (χ1) is 9.27. The minimum Gasteiger partial charge on any atom is -0.359 e. The maximum atomic E-state index is 12.0. The number of benzene rings is 1. The molecule has 0 aliphatic rings. The fraction of sp³-hybridized carbons (Fsp3) is 0.308. The van der Waals surface area contributed by atoms with Gasteiger partial charge in [-0.2, -0.15) is 0 Å². The molecule has 2 rings (SSSR count). The minimum atomic E-state index is -3.41. The average Bonchev–Trinajstić information content (AvgIpc) is 2.74. The molecule has 0 atom stereocenters. The molecule has 0 aliphatic heterocycles. The summed E-state index contributed by atoms with van der Waals surface area (Å²) in [4.78, 5) is 0. The van der Waals surface area contributed by atoms with E-state index < -0.39 is 10.0 Å². The topological polar surface area (TPSA) is 63.4 Å². The molecule has 0 fully saturated rings. The molecule has 2 aromatic rings. The first kappa shape index (κ1) is 15.1. The predicted octanol–water partition coefficient (Wildman–Crippen LogP) is 3.02. The van der Waals surface area contributed by atoms with Crippen molar-refractivity contribution in [2.24, 2.45) is 0 Å². The zero-order chi connectivity index (χ0) is 14.9. The lowest BCUT2D eigenvalue weighted by Crippen LogP contribution is -2.29. The van der Waals surface area contributed by atoms with E-state index in [9.17, 15) is 8.42 Å². The monoisotopic (exact) mass is 358 g/mol. The van der Waals surface area contributed by atoms with E-state index in [1.54, 1.807) is 19.1 Å². The van der Waals surface area contributed by atoms with Gasteiger partial charge in [-0.3, -0.25) is 4.31 Å². The Morgan fingerprint density at radius 1 is 1.30 bits per heavy atom. The lowest BCUT2D eigenvalue weighted by atomic mass is 10.2. The summed E-state index contributed by atoms with van der Waals surface area (Å²) < 4.78 is 31.3. The normalized spacial score (nSPS) is 11.6. The molecule has 0 radical (unpaired) electrons. The van der Waals surface area contributed by atoms with E-state index >= 15 is 0 Å². The van der Waals surface area contributed by atoms with Crippen LogP contribution in [0.25, 0.3) is 0 Å². The van der Waals surface area contributed by atoms with Crippen molar-refractivity contribution in [2.45, 2.75) is 20.4 Å². The summed E-state index contributed by atoms with van der Waals surface area (Å²) >= 11 is 3.40. The van der Waals surface area contributed by atoms with Crippen LogP contribution in [0.2, 0.25) is 0 Å². The minimum absolute atomic E-state index is 0.126. The highest BCUT2D eigenvalue weighted by Crippen LogP contribution is 2.26. The van der Waals surface area contributed by atoms with Gasteiger partial charge in [0, 0.05) is 10.5 Å². The number of halogens is 1. The molecular formula is C13H15BrN2O3S. The third-order valence-electron chi connectivity index (χ3n) is 2.81. The largest absolute Gasteiger partial charge is 0.359 e. The van der Waals surface area contributed by atoms with Crippen molar-refractivity contribution in [3.8, 4) is 0 Å². The Balaban J connectivity index is 2.40. The molecule has 20 heavy (non-hydrogen) atoms. The van der Waals surface area contributed by atoms with Crippen LogP contribution in [0.4, 0.5) is 5.69 Å². The van der Waals surface area contributed by atoms with Crippen molar-refractivity contribution in [3.05, 3.63) is 45.8 Å². The number of nitrogens with zero attached hydrogens (tertiary/aromatic N) is 2. The van der Waals surface area contributed by atoms with E-state index in [2.05, 4.69) is 21.1 Å². The lowest BCUT2D eigenvalue weighted by Gasteiger charge is -2.21. The molecule has 108 valence electrons. The molecule has 0 saturated carbocycles. The second-order valence-electron chi connectivity index (χ2n) is 4.64. The zero-order valence-electron chi connectivity index (χ0n) is 11.4. The maximum absolute atomic E-state index is 12.0. The standard InChI is InChI=1S/C13H15BrN2O3S/c1-9-6-11(4-5-13(9)14)16(20(3,17)18)8-12-7-10(2)15-19-12/h4-7H,8H2,1-3H3. The number of hydrogen-bond acceptors (Lipinski definition) is 4. The smallest absolute Gasteiger partial charge is 0.232 e. The third-order valence-corrected chi connectivity index (χ3v) is 4.84. The molecule has 0 bridgehead atoms. The number of rotatable bonds is 4. The molecule has 1 aromatic heterocycles. The van der Waals surface area contributed by atoms with Gasteiger partial charge < -0.3 is 4.52 Å². The highest BCUT2D eigenvalue weighted by Gasteiger charge is 2.20. The van der Waals surface area contributed by atoms with Crippen LogP contribution in [0.1, 0.15) is 17.0 Å². The Morgan fingerprint density at radius 3 is 2.50 bits per heavy atom. The van der Waals surface area contributed by atoms with Gasteiger partial charge in [-0.1, -0.05) is 21.1 Å². The van der Waals surface area contributed by atoms with E-state index in [0.29, 0.717) is 11.4 Å². The Bertz CT molecular complexity index is 725. The van der Waals surface area contributed by atoms with Gasteiger partial charge in [-0.05, 0) is 37.6 Å². The van der Waals surface area contributed by atoms with Crippen molar-refractivity contribution in [1.82, 2.24) is 5.16 Å². The summed E-state index contributed by atoms with van der Waals surface area (Å²) in [6, 6.07) is 7.12. The van der Waals surface area contributed by atoms with Gasteiger partial charge in [0.05, 0.1) is 24.2 Å². The van der Waals surface area contributed by atoms with Gasteiger partial charge in [0.25, 0.3) is 0 Å². The number of hydrogen-bond donors (Lipinski definition) is 0. The Morgan fingerprint density at radius 2 is 2.00 bits per heavy atom. The summed E-state index contributed by atoms with van der Waals surface area (Å²) in [5.41, 5.74) is 2.28. The number of anilines is 1. The highest BCUT2D eigenvalue weighted by atomic mass is 79.9. The van der Waals surface area contributed by atoms with Crippen molar-refractivity contribution < 1.29 is 12.9 Å². The Kier molecular flexibility index (Phi) is 4.19. The molecule has 0 N–H and O–H groups in total. The van der Waals surface area contributed by atoms with E-state index in [1.807, 2.05) is 19.1 Å². The van der Waals surface area contributed by atoms with Gasteiger partial charge in [-0.15, -0.1) is 0 Å². The molecule has 0 saturated heterocycles. The SMILES string of the molecule is Cc1cc(CN(c2ccc(Br)c(C)c2)S(C)(=O)=O)on1. The fourth-order valence-corrected chi connectivity index (χ4v) is 2.92. The number of aryl methyl sites for hydroxylation is 2. The summed E-state index contributed by atoms with van der Waals surface area (Å²) in [5.74, 6) is 0.508. The highest BCUT2D eigenvalue weighted by molar-refractivity contribution is 9.10. The van der Waals surface area contributed by atoms with Crippen LogP contribution in [0.5, 0.6) is 0 Å². The first-order valence-electron chi connectivity index (χ1n) is 5.93. The van der Waals surface area contributed by atoms with Crippen LogP contribution in [-0.2, 0) is 16.6 Å². The van der Waals surface area contributed by atoms with Crippen molar-refractivity contribution in [2.75, 3.05) is 10.6 Å². The van der Waals surface area contributed by atoms with Gasteiger partial charge in [0.1, 0.15) is 0 Å². The number of aromatic nitrogens is 1. The summed E-state index contributed by atoms with van der Waals surface area (Å²) in [7, 11) is -3.41. The Hall–Kier alpha value is -1.34. The quantitative estimate of drug-likeness (QED) is 0.842. The van der Waals surface area contributed by atoms with E-state index in [1.165, 1.54) is 10.6 Å². The third kappa shape index (κ3) is 3.40. The zero-order valence-corrected chi connectivity index (χ0v) is 13.8. The van der Waals surface area contributed by atoms with Crippen molar-refractivity contribution >= 4 is 31.6 Å². The molecule has 1 heterocycles. The maximum Gasteiger partial charge on any atom is 0.232 e. The van der Waals surface area contributed by atoms with Crippen molar-refractivity contribution in [1.29, 1.82) is 0 Å². The lowest BCUT2D eigenvalue weighted by molar-refractivity contribution is 0.381. The van der Waals surface area contributed by atoms with Crippen LogP contribution in [0.15, 0.2) is 33.3 Å². The summed E-state index contributed by atoms with van der Waals surface area (Å²) in [6.45, 7) is 3.83. The van der Waals surface area contributed by atoms with Crippen LogP contribution >= 0.6 is 15.9 Å². The van der Waals surface area contributed by atoms with Crippen LogP contribution in [0.3, 0.4) is 0 Å². The predicted molar refractivity (Wildman–Crippen MR) is 81.1 cm³/mol. The average molecular weight is 359 g/mol. The van der Waals surface area contributed by atoms with Crippen LogP contribution in [0, 0.1) is 13.8 Å². The van der Waals surface area contributed by atoms with Gasteiger partial charge in [0.2, 0.25) is 10.0 Å². The molecule has 1 aromatic carbocycles. The fourth-order valence-electron chi connectivity index (χ4n) is 1.82. The molecule has 0 aliphatic carbocycles. The second-order valence-corrected chi connectivity index (χ2v) is 7.40. The van der Waals surface area contributed by atoms with Crippen LogP contribution < -0.4 is 4.31 Å². The van der Waals surface area contributed by atoms with E-state index in [0.717, 1.165) is 15.7 Å². The summed E-state index contributed by atoms with van der Waals surface area (Å²) in [6.07, 6.45) is 1.17. The number of sulfonamides is 1. The molecular weight excluding hydrogens is 344 g/mol. The van der Waals surface area contributed by atoms with Gasteiger partial charge in [-0.25, -0.2) is 8.42 Å². The molecule has 7 heteroatoms. The molecule has 0 unspecified atom stereocenters. The Labute approximate surface area is 126 Å². The van der Waals surface area contributed by atoms with E-state index in [-0.39, 0.29) is 6.54 Å².